The van der Waals surface area contributed by atoms with Gasteiger partial charge in [0.1, 0.15) is 11.5 Å². The van der Waals surface area contributed by atoms with Crippen molar-refractivity contribution in [2.24, 2.45) is 7.05 Å². The maximum Gasteiger partial charge on any atom is 0.332 e. The van der Waals surface area contributed by atoms with Gasteiger partial charge in [-0.25, -0.2) is 4.79 Å². The second-order valence-electron chi connectivity index (χ2n) is 8.20. The lowest BCUT2D eigenvalue weighted by atomic mass is 10.1. The van der Waals surface area contributed by atoms with E-state index in [1.165, 1.54) is 10.1 Å². The molecule has 0 bridgehead atoms. The zero-order valence-corrected chi connectivity index (χ0v) is 18.9. The van der Waals surface area contributed by atoms with Gasteiger partial charge < -0.3 is 19.4 Å². The Morgan fingerprint density at radius 3 is 2.37 bits per heavy atom. The van der Waals surface area contributed by atoms with Crippen LogP contribution in [0.5, 0.6) is 0 Å². The van der Waals surface area contributed by atoms with Gasteiger partial charge in [-0.3, -0.25) is 13.9 Å². The van der Waals surface area contributed by atoms with E-state index in [1.54, 1.807) is 11.6 Å². The van der Waals surface area contributed by atoms with Gasteiger partial charge in [0.2, 0.25) is 6.35 Å². The summed E-state index contributed by atoms with van der Waals surface area (Å²) in [5.41, 5.74) is 2.23. The van der Waals surface area contributed by atoms with Gasteiger partial charge in [-0.15, -0.1) is 0 Å². The van der Waals surface area contributed by atoms with Gasteiger partial charge in [0.25, 0.3) is 5.56 Å². The molecule has 1 unspecified atom stereocenters. The van der Waals surface area contributed by atoms with Crippen LogP contribution in [0.2, 0.25) is 0 Å². The normalized spacial score (nSPS) is 15.9. The first-order chi connectivity index (χ1) is 14.3. The van der Waals surface area contributed by atoms with Crippen molar-refractivity contribution in [1.82, 2.24) is 14.0 Å². The molecule has 3 rings (SSSR count). The van der Waals surface area contributed by atoms with Crippen molar-refractivity contribution < 1.29 is 4.74 Å². The zero-order chi connectivity index (χ0) is 22.0. The molecule has 1 aliphatic heterocycles. The third kappa shape index (κ3) is 4.15. The standard InChI is InChI=1S/C22H33N5O3/c1-7-12-26-20(28)18-19(24(5)21(26)29)25(6)22(30-14-13-23(3)4)27(18)15-17-10-8-16(2)9-11-17/h8-11,22H,7,12-15H2,1-6H3. The van der Waals surface area contributed by atoms with Crippen molar-refractivity contribution in [1.29, 1.82) is 0 Å². The van der Waals surface area contributed by atoms with Gasteiger partial charge in [-0.05, 0) is 33.0 Å². The van der Waals surface area contributed by atoms with Crippen molar-refractivity contribution in [3.05, 3.63) is 56.2 Å². The monoisotopic (exact) mass is 415 g/mol. The molecule has 8 nitrogen and oxygen atoms in total. The Morgan fingerprint density at radius 1 is 1.10 bits per heavy atom. The maximum atomic E-state index is 13.4. The molecule has 0 N–H and O–H groups in total. The van der Waals surface area contributed by atoms with Crippen LogP contribution in [0, 0.1) is 6.92 Å². The molecule has 164 valence electrons. The molecule has 0 spiro atoms. The maximum absolute atomic E-state index is 13.4. The van der Waals surface area contributed by atoms with Crippen molar-refractivity contribution in [2.45, 2.75) is 39.7 Å². The van der Waals surface area contributed by atoms with Crippen LogP contribution in [0.1, 0.15) is 24.5 Å². The molecule has 8 heteroatoms. The zero-order valence-electron chi connectivity index (χ0n) is 18.9. The number of aryl methyl sites for hydroxylation is 1. The summed E-state index contributed by atoms with van der Waals surface area (Å²) in [5, 5.41) is 0. The highest BCUT2D eigenvalue weighted by molar-refractivity contribution is 5.72. The molecule has 1 aromatic heterocycles. The largest absolute Gasteiger partial charge is 0.339 e. The lowest BCUT2D eigenvalue weighted by Gasteiger charge is -2.30. The number of aromatic nitrogens is 2. The molecule has 0 saturated carbocycles. The predicted octanol–water partition coefficient (Wildman–Crippen LogP) is 1.58. The molecular formula is C22H33N5O3. The molecule has 1 atom stereocenters. The third-order valence-electron chi connectivity index (χ3n) is 5.44. The van der Waals surface area contributed by atoms with Crippen molar-refractivity contribution in [2.75, 3.05) is 44.1 Å². The van der Waals surface area contributed by atoms with Crippen LogP contribution in [0.4, 0.5) is 11.5 Å². The molecule has 0 amide bonds. The van der Waals surface area contributed by atoms with Crippen LogP contribution in [-0.2, 0) is 24.9 Å². The molecule has 0 saturated heterocycles. The fourth-order valence-electron chi connectivity index (χ4n) is 3.83. The average Bonchev–Trinajstić information content (AvgIpc) is 2.97. The van der Waals surface area contributed by atoms with Gasteiger partial charge in [-0.1, -0.05) is 36.8 Å². The van der Waals surface area contributed by atoms with E-state index in [2.05, 4.69) is 36.1 Å². The Labute approximate surface area is 177 Å². The van der Waals surface area contributed by atoms with Crippen LogP contribution in [0.3, 0.4) is 0 Å². The van der Waals surface area contributed by atoms with E-state index in [9.17, 15) is 9.59 Å². The van der Waals surface area contributed by atoms with Crippen molar-refractivity contribution >= 4 is 11.5 Å². The first-order valence-corrected chi connectivity index (χ1v) is 10.4. The van der Waals surface area contributed by atoms with E-state index < -0.39 is 6.35 Å². The minimum absolute atomic E-state index is 0.257. The van der Waals surface area contributed by atoms with E-state index in [-0.39, 0.29) is 11.2 Å². The number of anilines is 2. The lowest BCUT2D eigenvalue weighted by Crippen LogP contribution is -2.45. The number of rotatable bonds is 8. The van der Waals surface area contributed by atoms with E-state index in [0.717, 1.165) is 12.1 Å². The lowest BCUT2D eigenvalue weighted by molar-refractivity contribution is 0.0460. The Bertz CT molecular complexity index is 994. The van der Waals surface area contributed by atoms with Crippen LogP contribution in [-0.4, -0.2) is 54.7 Å². The molecule has 30 heavy (non-hydrogen) atoms. The van der Waals surface area contributed by atoms with Gasteiger partial charge in [0, 0.05) is 33.7 Å². The van der Waals surface area contributed by atoms with Gasteiger partial charge >= 0.3 is 5.69 Å². The number of likely N-dealkylation sites (N-methyl/N-ethyl adjacent to an activating group) is 1. The summed E-state index contributed by atoms with van der Waals surface area (Å²) in [6.45, 7) is 6.20. The minimum atomic E-state index is -0.461. The SMILES string of the molecule is CCCn1c(=O)c2c(n(C)c1=O)N(C)C(OCCN(C)C)N2Cc1ccc(C)cc1. The Balaban J connectivity index is 2.08. The topological polar surface area (TPSA) is 63.0 Å². The highest BCUT2D eigenvalue weighted by Crippen LogP contribution is 2.36. The van der Waals surface area contributed by atoms with Gasteiger partial charge in [0.15, 0.2) is 0 Å². The highest BCUT2D eigenvalue weighted by Gasteiger charge is 2.39. The van der Waals surface area contributed by atoms with E-state index in [4.69, 9.17) is 4.74 Å². The van der Waals surface area contributed by atoms with E-state index in [0.29, 0.717) is 37.6 Å². The summed E-state index contributed by atoms with van der Waals surface area (Å²) in [6, 6.07) is 8.26. The fraction of sp³-hybridized carbons (Fsp3) is 0.545. The number of benzene rings is 1. The average molecular weight is 416 g/mol. The predicted molar refractivity (Wildman–Crippen MR) is 120 cm³/mol. The quantitative estimate of drug-likeness (QED) is 0.652. The molecule has 1 aromatic carbocycles. The second-order valence-corrected chi connectivity index (χ2v) is 8.20. The molecule has 0 aliphatic carbocycles. The highest BCUT2D eigenvalue weighted by atomic mass is 16.5. The molecule has 2 aromatic rings. The molecule has 1 aliphatic rings. The number of hydrogen-bond donors (Lipinski definition) is 0. The molecule has 2 heterocycles. The Morgan fingerprint density at radius 2 is 1.77 bits per heavy atom. The minimum Gasteiger partial charge on any atom is -0.339 e. The van der Waals surface area contributed by atoms with Gasteiger partial charge in [-0.2, -0.15) is 0 Å². The summed E-state index contributed by atoms with van der Waals surface area (Å²) in [6.07, 6.45) is 0.252. The number of nitrogens with zero attached hydrogens (tertiary/aromatic N) is 5. The van der Waals surface area contributed by atoms with Gasteiger partial charge in [0.05, 0.1) is 6.61 Å². The summed E-state index contributed by atoms with van der Waals surface area (Å²) in [7, 11) is 7.58. The number of ether oxygens (including phenoxy) is 1. The van der Waals surface area contributed by atoms with Crippen LogP contribution in [0.15, 0.2) is 33.9 Å². The van der Waals surface area contributed by atoms with Crippen LogP contribution < -0.4 is 21.0 Å². The first-order valence-electron chi connectivity index (χ1n) is 10.4. The fourth-order valence-corrected chi connectivity index (χ4v) is 3.83. The third-order valence-corrected chi connectivity index (χ3v) is 5.44. The smallest absolute Gasteiger partial charge is 0.332 e. The molecular weight excluding hydrogens is 382 g/mol. The summed E-state index contributed by atoms with van der Waals surface area (Å²) >= 11 is 0. The van der Waals surface area contributed by atoms with E-state index in [1.807, 2.05) is 37.9 Å². The summed E-state index contributed by atoms with van der Waals surface area (Å²) < 4.78 is 9.10. The molecule has 0 radical (unpaired) electrons. The summed E-state index contributed by atoms with van der Waals surface area (Å²) in [5.74, 6) is 0.597. The Kier molecular flexibility index (Phi) is 6.67. The number of hydrogen-bond acceptors (Lipinski definition) is 6. The first kappa shape index (κ1) is 22.1. The van der Waals surface area contributed by atoms with Crippen molar-refractivity contribution in [3.63, 3.8) is 0 Å². The molecule has 0 fully saturated rings. The number of fused-ring (bicyclic) bond motifs is 1. The second kappa shape index (κ2) is 9.06. The van der Waals surface area contributed by atoms with Crippen LogP contribution in [0.25, 0.3) is 0 Å². The van der Waals surface area contributed by atoms with E-state index >= 15 is 0 Å². The van der Waals surface area contributed by atoms with Crippen molar-refractivity contribution in [3.8, 4) is 0 Å². The Hall–Kier alpha value is -2.58. The summed E-state index contributed by atoms with van der Waals surface area (Å²) in [4.78, 5) is 32.1. The van der Waals surface area contributed by atoms with Crippen LogP contribution >= 0.6 is 0 Å².